The minimum Gasteiger partial charge on any atom is -0.444 e. The summed E-state index contributed by atoms with van der Waals surface area (Å²) in [7, 11) is 5.61. The van der Waals surface area contributed by atoms with Gasteiger partial charge in [0.2, 0.25) is 5.91 Å². The van der Waals surface area contributed by atoms with Crippen molar-refractivity contribution in [2.24, 2.45) is 0 Å². The number of aromatic nitrogens is 4. The van der Waals surface area contributed by atoms with E-state index in [1.165, 1.54) is 6.33 Å². The summed E-state index contributed by atoms with van der Waals surface area (Å²) in [6.45, 7) is 6.06. The number of fused-ring (bicyclic) bond motifs is 1. The summed E-state index contributed by atoms with van der Waals surface area (Å²) in [6, 6.07) is 7.39. The average Bonchev–Trinajstić information content (AvgIpc) is 3.09. The first-order valence-electron chi connectivity index (χ1n) is 10.5. The van der Waals surface area contributed by atoms with Crippen molar-refractivity contribution in [3.05, 3.63) is 46.4 Å². The van der Waals surface area contributed by atoms with Gasteiger partial charge in [-0.25, -0.2) is 19.4 Å². The molecular weight excluding hydrogens is 549 g/mol. The van der Waals surface area contributed by atoms with E-state index in [1.54, 1.807) is 43.5 Å². The fraction of sp³-hybridized carbons (Fsp3) is 0.348. The van der Waals surface area contributed by atoms with Gasteiger partial charge < -0.3 is 14.5 Å². The van der Waals surface area contributed by atoms with Crippen molar-refractivity contribution in [2.75, 3.05) is 37.9 Å². The molecule has 2 aromatic heterocycles. The van der Waals surface area contributed by atoms with Crippen LogP contribution >= 0.6 is 22.6 Å². The molecule has 2 heterocycles. The zero-order valence-electron chi connectivity index (χ0n) is 20.0. The van der Waals surface area contributed by atoms with E-state index in [9.17, 15) is 9.59 Å². The number of anilines is 2. The van der Waals surface area contributed by atoms with Crippen LogP contribution in [0.15, 0.2) is 42.7 Å². The lowest BCUT2D eigenvalue weighted by Gasteiger charge is -2.19. The van der Waals surface area contributed by atoms with Crippen molar-refractivity contribution in [1.82, 2.24) is 24.6 Å². The van der Waals surface area contributed by atoms with Crippen LogP contribution in [0.4, 0.5) is 16.3 Å². The molecule has 1 aromatic carbocycles. The summed E-state index contributed by atoms with van der Waals surface area (Å²) in [4.78, 5) is 36.8. The molecule has 0 bridgehead atoms. The van der Waals surface area contributed by atoms with Crippen LogP contribution in [-0.4, -0.2) is 69.9 Å². The molecule has 1 N–H and O–H groups in total. The first-order chi connectivity index (χ1) is 16.0. The zero-order valence-corrected chi connectivity index (χ0v) is 22.2. The molecule has 2 amide bonds. The molecule has 0 saturated heterocycles. The highest BCUT2D eigenvalue weighted by Crippen LogP contribution is 2.28. The van der Waals surface area contributed by atoms with E-state index in [1.807, 2.05) is 49.3 Å². The van der Waals surface area contributed by atoms with Crippen LogP contribution in [0.25, 0.3) is 16.7 Å². The number of rotatable bonds is 6. The van der Waals surface area contributed by atoms with E-state index in [4.69, 9.17) is 4.74 Å². The van der Waals surface area contributed by atoms with Gasteiger partial charge in [0.1, 0.15) is 15.6 Å². The Bertz CT molecular complexity index is 1210. The van der Waals surface area contributed by atoms with E-state index in [-0.39, 0.29) is 5.91 Å². The Morgan fingerprint density at radius 3 is 2.44 bits per heavy atom. The molecule has 0 fully saturated rings. The first-order valence-corrected chi connectivity index (χ1v) is 11.6. The van der Waals surface area contributed by atoms with Crippen LogP contribution in [0.1, 0.15) is 20.8 Å². The van der Waals surface area contributed by atoms with Crippen LogP contribution in [0, 0.1) is 3.70 Å². The molecule has 0 radical (unpaired) electrons. The SMILES string of the molecule is CN(C)C/C=C/C(=O)N(C)c1ccc(-n2nc(I)c3c(NC(=O)OC(C)(C)C)ncnc32)cc1. The molecule has 0 aliphatic heterocycles. The van der Waals surface area contributed by atoms with E-state index in [0.29, 0.717) is 27.1 Å². The van der Waals surface area contributed by atoms with Gasteiger partial charge in [0, 0.05) is 25.4 Å². The standard InChI is InChI=1S/C23H28IN7O3/c1-23(2,3)34-22(33)27-20-18-19(24)28-31(21(18)26-14-25-20)16-11-9-15(10-12-16)30(6)17(32)8-7-13-29(4)5/h7-12,14H,13H2,1-6H3,(H,25,26,27,33)/b8-7+. The molecule has 0 saturated carbocycles. The van der Waals surface area contributed by atoms with Crippen LogP contribution in [0.2, 0.25) is 0 Å². The molecule has 0 unspecified atom stereocenters. The van der Waals surface area contributed by atoms with Crippen LogP contribution < -0.4 is 10.2 Å². The van der Waals surface area contributed by atoms with Crippen molar-refractivity contribution >= 4 is 57.1 Å². The Labute approximate surface area is 212 Å². The highest BCUT2D eigenvalue weighted by atomic mass is 127. The number of amides is 2. The van der Waals surface area contributed by atoms with Crippen LogP contribution in [0.3, 0.4) is 0 Å². The maximum absolute atomic E-state index is 12.4. The van der Waals surface area contributed by atoms with Gasteiger partial charge in [-0.1, -0.05) is 6.08 Å². The summed E-state index contributed by atoms with van der Waals surface area (Å²) < 4.78 is 7.63. The Morgan fingerprint density at radius 2 is 1.82 bits per heavy atom. The van der Waals surface area contributed by atoms with Gasteiger partial charge >= 0.3 is 6.09 Å². The molecule has 3 aromatic rings. The monoisotopic (exact) mass is 577 g/mol. The summed E-state index contributed by atoms with van der Waals surface area (Å²) >= 11 is 2.08. The number of likely N-dealkylation sites (N-methyl/N-ethyl adjacent to an activating group) is 2. The van der Waals surface area contributed by atoms with E-state index >= 15 is 0 Å². The third-order valence-electron chi connectivity index (χ3n) is 4.58. The van der Waals surface area contributed by atoms with Gasteiger partial charge in [-0.3, -0.25) is 10.1 Å². The zero-order chi connectivity index (χ0) is 25.0. The largest absolute Gasteiger partial charge is 0.444 e. The van der Waals surface area contributed by atoms with Crippen molar-refractivity contribution in [1.29, 1.82) is 0 Å². The average molecular weight is 577 g/mol. The molecule has 0 aliphatic carbocycles. The molecule has 0 spiro atoms. The second-order valence-electron chi connectivity index (χ2n) is 8.83. The minimum atomic E-state index is -0.633. The van der Waals surface area contributed by atoms with Crippen molar-refractivity contribution in [2.45, 2.75) is 26.4 Å². The molecule has 180 valence electrons. The maximum atomic E-state index is 12.4. The van der Waals surface area contributed by atoms with Crippen molar-refractivity contribution < 1.29 is 14.3 Å². The molecule has 0 aliphatic rings. The summed E-state index contributed by atoms with van der Waals surface area (Å²) in [5, 5.41) is 7.87. The summed E-state index contributed by atoms with van der Waals surface area (Å²) in [6.07, 6.45) is 4.15. The number of benzene rings is 1. The minimum absolute atomic E-state index is 0.112. The third kappa shape index (κ3) is 6.29. The van der Waals surface area contributed by atoms with E-state index < -0.39 is 11.7 Å². The first kappa shape index (κ1) is 25.6. The van der Waals surface area contributed by atoms with Gasteiger partial charge in [-0.2, -0.15) is 5.10 Å². The second kappa shape index (κ2) is 10.5. The topological polar surface area (TPSA) is 105 Å². The number of nitrogens with one attached hydrogen (secondary N) is 1. The lowest BCUT2D eigenvalue weighted by Crippen LogP contribution is -2.27. The lowest BCUT2D eigenvalue weighted by molar-refractivity contribution is -0.113. The number of hydrogen-bond acceptors (Lipinski definition) is 7. The number of carbonyl (C=O) groups excluding carboxylic acids is 2. The molecule has 11 heteroatoms. The maximum Gasteiger partial charge on any atom is 0.413 e. The van der Waals surface area contributed by atoms with Gasteiger partial charge in [-0.05, 0) is 81.7 Å². The molecular formula is C23H28IN7O3. The third-order valence-corrected chi connectivity index (χ3v) is 5.34. The normalized spacial score (nSPS) is 11.9. The van der Waals surface area contributed by atoms with Gasteiger partial charge in [0.05, 0.1) is 11.1 Å². The Morgan fingerprint density at radius 1 is 1.15 bits per heavy atom. The predicted molar refractivity (Wildman–Crippen MR) is 140 cm³/mol. The molecule has 10 nitrogen and oxygen atoms in total. The Balaban J connectivity index is 1.85. The highest BCUT2D eigenvalue weighted by Gasteiger charge is 2.21. The number of ether oxygens (including phenoxy) is 1. The second-order valence-corrected chi connectivity index (χ2v) is 9.85. The van der Waals surface area contributed by atoms with Crippen molar-refractivity contribution in [3.63, 3.8) is 0 Å². The van der Waals surface area contributed by atoms with E-state index in [2.05, 4.69) is 43.0 Å². The molecule has 34 heavy (non-hydrogen) atoms. The number of halogens is 1. The number of carbonyl (C=O) groups is 2. The quantitative estimate of drug-likeness (QED) is 0.351. The fourth-order valence-electron chi connectivity index (χ4n) is 3.01. The smallest absolute Gasteiger partial charge is 0.413 e. The Hall–Kier alpha value is -3.06. The van der Waals surface area contributed by atoms with Gasteiger partial charge in [-0.15, -0.1) is 0 Å². The van der Waals surface area contributed by atoms with Gasteiger partial charge in [0.15, 0.2) is 11.5 Å². The fourth-order valence-corrected chi connectivity index (χ4v) is 3.72. The predicted octanol–water partition coefficient (Wildman–Crippen LogP) is 3.85. The van der Waals surface area contributed by atoms with E-state index in [0.717, 1.165) is 11.4 Å². The van der Waals surface area contributed by atoms with Crippen molar-refractivity contribution in [3.8, 4) is 5.69 Å². The lowest BCUT2D eigenvalue weighted by atomic mass is 10.2. The molecule has 0 atom stereocenters. The van der Waals surface area contributed by atoms with Crippen LogP contribution in [0.5, 0.6) is 0 Å². The molecule has 3 rings (SSSR count). The highest BCUT2D eigenvalue weighted by molar-refractivity contribution is 14.1. The number of hydrogen-bond donors (Lipinski definition) is 1. The number of nitrogens with zero attached hydrogens (tertiary/aromatic N) is 6. The van der Waals surface area contributed by atoms with Crippen LogP contribution in [-0.2, 0) is 9.53 Å². The Kier molecular flexibility index (Phi) is 7.87. The summed E-state index contributed by atoms with van der Waals surface area (Å²) in [5.41, 5.74) is 1.40. The van der Waals surface area contributed by atoms with Gasteiger partial charge in [0.25, 0.3) is 0 Å². The summed E-state index contributed by atoms with van der Waals surface area (Å²) in [5.74, 6) is 0.209.